The van der Waals surface area contributed by atoms with Crippen molar-refractivity contribution in [2.45, 2.75) is 26.2 Å². The zero-order chi connectivity index (χ0) is 14.5. The van der Waals surface area contributed by atoms with Gasteiger partial charge in [-0.1, -0.05) is 37.1 Å². The third-order valence-electron chi connectivity index (χ3n) is 3.35. The molecule has 0 bridgehead atoms. The minimum Gasteiger partial charge on any atom is -0.351 e. The third kappa shape index (κ3) is 3.70. The van der Waals surface area contributed by atoms with Gasteiger partial charge in [-0.3, -0.25) is 0 Å². The van der Waals surface area contributed by atoms with Gasteiger partial charge in [0.15, 0.2) is 5.11 Å². The second-order valence-electron chi connectivity index (χ2n) is 4.99. The predicted octanol–water partition coefficient (Wildman–Crippen LogP) is 3.77. The number of nitrogens with zero attached hydrogens (tertiary/aromatic N) is 3. The molecule has 1 aromatic rings. The molecule has 1 aliphatic heterocycles. The summed E-state index contributed by atoms with van der Waals surface area (Å²) in [4.78, 5) is 2.10. The average Bonchev–Trinajstić information content (AvgIpc) is 2.93. The van der Waals surface area contributed by atoms with E-state index in [1.54, 1.807) is 0 Å². The molecule has 1 heterocycles. The molecule has 3 nitrogen and oxygen atoms in total. The summed E-state index contributed by atoms with van der Waals surface area (Å²) in [5.41, 5.74) is 2.14. The number of rotatable bonds is 4. The van der Waals surface area contributed by atoms with E-state index in [1.807, 2.05) is 36.3 Å². The largest absolute Gasteiger partial charge is 0.351 e. The number of thiocarbonyl (C=S) groups is 1. The van der Waals surface area contributed by atoms with Crippen LogP contribution in [0.4, 0.5) is 0 Å². The number of benzene rings is 1. The highest BCUT2D eigenvalue weighted by molar-refractivity contribution is 7.80. The van der Waals surface area contributed by atoms with E-state index < -0.39 is 0 Å². The van der Waals surface area contributed by atoms with E-state index >= 15 is 0 Å². The zero-order valence-electron chi connectivity index (χ0n) is 12.0. The molecule has 108 valence electrons. The van der Waals surface area contributed by atoms with Crippen LogP contribution in [0.2, 0.25) is 5.02 Å². The van der Waals surface area contributed by atoms with E-state index in [1.165, 1.54) is 6.42 Å². The maximum atomic E-state index is 6.03. The van der Waals surface area contributed by atoms with Crippen LogP contribution >= 0.6 is 23.8 Å². The molecule has 0 N–H and O–H groups in total. The predicted molar refractivity (Wildman–Crippen MR) is 89.4 cm³/mol. The van der Waals surface area contributed by atoms with Crippen molar-refractivity contribution in [3.05, 3.63) is 34.9 Å². The Balaban J connectivity index is 2.04. The van der Waals surface area contributed by atoms with Gasteiger partial charge in [-0.25, -0.2) is 5.01 Å². The Labute approximate surface area is 131 Å². The van der Waals surface area contributed by atoms with Crippen LogP contribution in [0.25, 0.3) is 0 Å². The second kappa shape index (κ2) is 7.04. The highest BCUT2D eigenvalue weighted by atomic mass is 35.5. The van der Waals surface area contributed by atoms with Gasteiger partial charge in [0.1, 0.15) is 0 Å². The lowest BCUT2D eigenvalue weighted by Crippen LogP contribution is -2.37. The number of unbranched alkanes of at least 4 members (excludes halogenated alkanes) is 1. The fourth-order valence-corrected chi connectivity index (χ4v) is 2.57. The molecule has 0 amide bonds. The SMILES string of the molecule is CCCCN(C)C(=S)N1CCC(c2cccc(Cl)c2)=N1. The van der Waals surface area contributed by atoms with Gasteiger partial charge in [0.2, 0.25) is 0 Å². The first-order valence-corrected chi connectivity index (χ1v) is 7.76. The molecule has 20 heavy (non-hydrogen) atoms. The maximum absolute atomic E-state index is 6.03. The Morgan fingerprint density at radius 1 is 1.50 bits per heavy atom. The molecular formula is C15H20ClN3S. The monoisotopic (exact) mass is 309 g/mol. The van der Waals surface area contributed by atoms with Crippen LogP contribution in [-0.4, -0.2) is 40.9 Å². The Morgan fingerprint density at radius 2 is 2.30 bits per heavy atom. The summed E-state index contributed by atoms with van der Waals surface area (Å²) in [6, 6.07) is 7.82. The molecule has 0 saturated heterocycles. The molecular weight excluding hydrogens is 290 g/mol. The first kappa shape index (κ1) is 15.3. The Bertz CT molecular complexity index is 516. The number of hydrazone groups is 1. The van der Waals surface area contributed by atoms with Crippen LogP contribution < -0.4 is 0 Å². The molecule has 0 aliphatic carbocycles. The normalized spacial score (nSPS) is 14.3. The van der Waals surface area contributed by atoms with Gasteiger partial charge >= 0.3 is 0 Å². The molecule has 0 unspecified atom stereocenters. The van der Waals surface area contributed by atoms with Crippen molar-refractivity contribution in [3.8, 4) is 0 Å². The summed E-state index contributed by atoms with van der Waals surface area (Å²) in [7, 11) is 2.03. The lowest BCUT2D eigenvalue weighted by molar-refractivity contribution is 0.386. The van der Waals surface area contributed by atoms with Crippen molar-refractivity contribution in [2.75, 3.05) is 20.1 Å². The Morgan fingerprint density at radius 3 is 3.00 bits per heavy atom. The third-order valence-corrected chi connectivity index (χ3v) is 4.11. The van der Waals surface area contributed by atoms with Crippen LogP contribution in [0.5, 0.6) is 0 Å². The summed E-state index contributed by atoms with van der Waals surface area (Å²) in [6.07, 6.45) is 3.22. The van der Waals surface area contributed by atoms with Crippen LogP contribution in [0.3, 0.4) is 0 Å². The summed E-state index contributed by atoms with van der Waals surface area (Å²) < 4.78 is 0. The Hall–Kier alpha value is -1.13. The quantitative estimate of drug-likeness (QED) is 0.789. The van der Waals surface area contributed by atoms with E-state index in [0.717, 1.165) is 47.3 Å². The topological polar surface area (TPSA) is 18.8 Å². The highest BCUT2D eigenvalue weighted by Gasteiger charge is 2.21. The molecule has 0 aromatic heterocycles. The second-order valence-corrected chi connectivity index (χ2v) is 5.79. The minimum atomic E-state index is 0.742. The van der Waals surface area contributed by atoms with Gasteiger partial charge in [0, 0.05) is 31.6 Å². The van der Waals surface area contributed by atoms with E-state index in [-0.39, 0.29) is 0 Å². The summed E-state index contributed by atoms with van der Waals surface area (Å²) in [6.45, 7) is 4.01. The van der Waals surface area contributed by atoms with Crippen LogP contribution in [-0.2, 0) is 0 Å². The molecule has 0 radical (unpaired) electrons. The zero-order valence-corrected chi connectivity index (χ0v) is 13.5. The van der Waals surface area contributed by atoms with Gasteiger partial charge in [-0.15, -0.1) is 0 Å². The van der Waals surface area contributed by atoms with Gasteiger partial charge in [-0.05, 0) is 36.3 Å². The number of halogens is 1. The highest BCUT2D eigenvalue weighted by Crippen LogP contribution is 2.18. The van der Waals surface area contributed by atoms with Crippen LogP contribution in [0, 0.1) is 0 Å². The van der Waals surface area contributed by atoms with Crippen molar-refractivity contribution in [1.29, 1.82) is 0 Å². The van der Waals surface area contributed by atoms with Crippen LogP contribution in [0.15, 0.2) is 29.4 Å². The smallest absolute Gasteiger partial charge is 0.192 e. The summed E-state index contributed by atoms with van der Waals surface area (Å²) in [5, 5.41) is 8.10. The van der Waals surface area contributed by atoms with Crippen molar-refractivity contribution in [3.63, 3.8) is 0 Å². The average molecular weight is 310 g/mol. The minimum absolute atomic E-state index is 0.742. The standard InChI is InChI=1S/C15H20ClN3S/c1-3-4-9-18(2)15(20)19-10-8-14(17-19)12-6-5-7-13(16)11-12/h5-7,11H,3-4,8-10H2,1-2H3. The van der Waals surface area contributed by atoms with E-state index in [9.17, 15) is 0 Å². The molecule has 1 aliphatic rings. The Kier molecular flexibility index (Phi) is 5.38. The van der Waals surface area contributed by atoms with E-state index in [0.29, 0.717) is 0 Å². The van der Waals surface area contributed by atoms with Crippen molar-refractivity contribution >= 4 is 34.6 Å². The van der Waals surface area contributed by atoms with Gasteiger partial charge in [0.05, 0.1) is 5.71 Å². The van der Waals surface area contributed by atoms with Gasteiger partial charge < -0.3 is 4.90 Å². The molecule has 0 atom stereocenters. The van der Waals surface area contributed by atoms with Crippen molar-refractivity contribution < 1.29 is 0 Å². The molecule has 0 saturated carbocycles. The molecule has 0 spiro atoms. The lowest BCUT2D eigenvalue weighted by Gasteiger charge is -2.24. The maximum Gasteiger partial charge on any atom is 0.192 e. The number of hydrogen-bond donors (Lipinski definition) is 0. The molecule has 0 fully saturated rings. The van der Waals surface area contributed by atoms with Crippen LogP contribution in [0.1, 0.15) is 31.7 Å². The molecule has 1 aromatic carbocycles. The van der Waals surface area contributed by atoms with Crippen molar-refractivity contribution in [2.24, 2.45) is 5.10 Å². The summed E-state index contributed by atoms with van der Waals surface area (Å²) in [5.74, 6) is 0. The van der Waals surface area contributed by atoms with E-state index in [2.05, 4.69) is 16.9 Å². The fraction of sp³-hybridized carbons (Fsp3) is 0.467. The van der Waals surface area contributed by atoms with E-state index in [4.69, 9.17) is 23.8 Å². The molecule has 5 heteroatoms. The van der Waals surface area contributed by atoms with Gasteiger partial charge in [-0.2, -0.15) is 5.10 Å². The molecule has 2 rings (SSSR count). The first-order chi connectivity index (χ1) is 9.61. The summed E-state index contributed by atoms with van der Waals surface area (Å²) >= 11 is 11.5. The number of hydrogen-bond acceptors (Lipinski definition) is 2. The lowest BCUT2D eigenvalue weighted by atomic mass is 10.1. The van der Waals surface area contributed by atoms with Gasteiger partial charge in [0.25, 0.3) is 0 Å². The first-order valence-electron chi connectivity index (χ1n) is 6.98. The fourth-order valence-electron chi connectivity index (χ4n) is 2.15. The van der Waals surface area contributed by atoms with Crippen molar-refractivity contribution in [1.82, 2.24) is 9.91 Å².